The summed E-state index contributed by atoms with van der Waals surface area (Å²) in [6, 6.07) is -1.08. The Balaban J connectivity index is 3.89. The molecule has 0 aromatic carbocycles. The van der Waals surface area contributed by atoms with Gasteiger partial charge in [-0.3, -0.25) is 9.35 Å². The number of carbonyl (C=O) groups excluding carboxylic acids is 1. The van der Waals surface area contributed by atoms with Crippen LogP contribution in [0.5, 0.6) is 0 Å². The third kappa shape index (κ3) is 43.5. The van der Waals surface area contributed by atoms with E-state index in [2.05, 4.69) is 43.5 Å². The van der Waals surface area contributed by atoms with Gasteiger partial charge >= 0.3 is 0 Å². The van der Waals surface area contributed by atoms with Crippen molar-refractivity contribution in [3.63, 3.8) is 0 Å². The number of nitrogens with one attached hydrogen (secondary N) is 1. The molecule has 1 amide bonds. The van der Waals surface area contributed by atoms with Gasteiger partial charge in [0.1, 0.15) is 0 Å². The SMILES string of the molecule is CCCCCCCCCCCCC/C=C/CC/C=C/CC/C=C/C(O)C(CS(=O)(=O)O)NC(=O)CCCCCCCCCCCCCCCCCCCCC. The van der Waals surface area contributed by atoms with Gasteiger partial charge in [-0.1, -0.05) is 230 Å². The molecule has 3 N–H and O–H groups in total. The molecular weight excluding hydrogens is 703 g/mol. The molecule has 0 aromatic heterocycles. The number of aliphatic hydroxyl groups is 1. The van der Waals surface area contributed by atoms with E-state index in [0.717, 1.165) is 38.5 Å². The van der Waals surface area contributed by atoms with Crippen LogP contribution >= 0.6 is 0 Å². The Hall–Kier alpha value is -1.44. The fraction of sp³-hybridized carbons (Fsp3) is 0.854. The van der Waals surface area contributed by atoms with Gasteiger partial charge in [-0.2, -0.15) is 8.42 Å². The molecule has 0 aliphatic carbocycles. The van der Waals surface area contributed by atoms with E-state index in [0.29, 0.717) is 6.42 Å². The maximum atomic E-state index is 12.6. The fourth-order valence-corrected chi connectivity index (χ4v) is 7.98. The van der Waals surface area contributed by atoms with E-state index in [-0.39, 0.29) is 12.3 Å². The second-order valence-electron chi connectivity index (χ2n) is 16.4. The molecule has 6 nitrogen and oxygen atoms in total. The summed E-state index contributed by atoms with van der Waals surface area (Å²) in [6.07, 6.45) is 55.7. The van der Waals surface area contributed by atoms with Crippen molar-refractivity contribution in [3.05, 3.63) is 36.5 Å². The highest BCUT2D eigenvalue weighted by molar-refractivity contribution is 7.85. The van der Waals surface area contributed by atoms with Crippen LogP contribution in [0, 0.1) is 0 Å². The van der Waals surface area contributed by atoms with Crippen LogP contribution in [0.3, 0.4) is 0 Å². The zero-order valence-electron chi connectivity index (χ0n) is 36.3. The quantitative estimate of drug-likeness (QED) is 0.0324. The predicted molar refractivity (Wildman–Crippen MR) is 239 cm³/mol. The highest BCUT2D eigenvalue weighted by Crippen LogP contribution is 2.16. The molecule has 0 saturated heterocycles. The average molecular weight is 794 g/mol. The number of carbonyl (C=O) groups is 1. The minimum absolute atomic E-state index is 0.288. The largest absolute Gasteiger partial charge is 0.387 e. The molecule has 0 aliphatic rings. The van der Waals surface area contributed by atoms with Crippen LogP contribution in [0.2, 0.25) is 0 Å². The lowest BCUT2D eigenvalue weighted by atomic mass is 10.0. The van der Waals surface area contributed by atoms with Crippen LogP contribution in [0.25, 0.3) is 0 Å². The molecular formula is C48H91NO5S. The molecule has 0 aromatic rings. The standard InChI is InChI=1S/C48H91NO5S/c1-3-5-7-9-11-13-15-17-19-21-23-24-26-27-29-31-33-35-37-39-41-43-47(50)46(45-55(52,53)54)49-48(51)44-42-40-38-36-34-32-30-28-25-22-20-18-16-14-12-10-8-6-4-2/h26-27,33,35,41,43,46-47,50H,3-25,28-32,34,36-40,42,44-45H2,1-2H3,(H,49,51)(H,52,53,54)/b27-26+,35-33+,43-41+. The molecule has 0 fully saturated rings. The maximum absolute atomic E-state index is 12.6. The number of unbranched alkanes of at least 4 members (excludes halogenated alkanes) is 31. The lowest BCUT2D eigenvalue weighted by molar-refractivity contribution is -0.122. The van der Waals surface area contributed by atoms with E-state index in [1.54, 1.807) is 0 Å². The Kier molecular flexibility index (Phi) is 41.1. The molecule has 55 heavy (non-hydrogen) atoms. The van der Waals surface area contributed by atoms with E-state index in [1.807, 2.05) is 6.08 Å². The summed E-state index contributed by atoms with van der Waals surface area (Å²) in [5.41, 5.74) is 0. The molecule has 324 valence electrons. The molecule has 0 radical (unpaired) electrons. The lowest BCUT2D eigenvalue weighted by Gasteiger charge is -2.21. The minimum atomic E-state index is -4.36. The minimum Gasteiger partial charge on any atom is -0.387 e. The molecule has 0 spiro atoms. The van der Waals surface area contributed by atoms with E-state index in [9.17, 15) is 22.9 Å². The summed E-state index contributed by atoms with van der Waals surface area (Å²) in [7, 11) is -4.36. The molecule has 0 rings (SSSR count). The second-order valence-corrected chi connectivity index (χ2v) is 17.9. The van der Waals surface area contributed by atoms with Crippen molar-refractivity contribution < 1.29 is 22.9 Å². The smallest absolute Gasteiger partial charge is 0.267 e. The van der Waals surface area contributed by atoms with Crippen LogP contribution in [-0.4, -0.2) is 41.9 Å². The first-order chi connectivity index (χ1) is 26.8. The van der Waals surface area contributed by atoms with Gasteiger partial charge < -0.3 is 10.4 Å². The van der Waals surface area contributed by atoms with Crippen LogP contribution in [0.1, 0.15) is 245 Å². The third-order valence-corrected chi connectivity index (χ3v) is 11.6. The van der Waals surface area contributed by atoms with Crippen LogP contribution in [0.15, 0.2) is 36.5 Å². The Labute approximate surface area is 342 Å². The second kappa shape index (κ2) is 42.2. The molecule has 0 saturated carbocycles. The van der Waals surface area contributed by atoms with Crippen molar-refractivity contribution in [1.29, 1.82) is 0 Å². The zero-order valence-corrected chi connectivity index (χ0v) is 37.1. The first-order valence-electron chi connectivity index (χ1n) is 23.7. The van der Waals surface area contributed by atoms with Gasteiger partial charge in [0, 0.05) is 6.42 Å². The van der Waals surface area contributed by atoms with Crippen molar-refractivity contribution in [2.45, 2.75) is 257 Å². The highest BCUT2D eigenvalue weighted by Gasteiger charge is 2.24. The lowest BCUT2D eigenvalue weighted by Crippen LogP contribution is -2.46. The van der Waals surface area contributed by atoms with Gasteiger partial charge in [-0.25, -0.2) is 0 Å². The van der Waals surface area contributed by atoms with Crippen LogP contribution in [0.4, 0.5) is 0 Å². The summed E-state index contributed by atoms with van der Waals surface area (Å²) >= 11 is 0. The summed E-state index contributed by atoms with van der Waals surface area (Å²) < 4.78 is 32.6. The number of aliphatic hydroxyl groups excluding tert-OH is 1. The molecule has 0 heterocycles. The number of hydrogen-bond acceptors (Lipinski definition) is 4. The van der Waals surface area contributed by atoms with Crippen molar-refractivity contribution in [1.82, 2.24) is 5.32 Å². The number of hydrogen-bond donors (Lipinski definition) is 3. The Morgan fingerprint density at radius 2 is 0.782 bits per heavy atom. The van der Waals surface area contributed by atoms with Crippen molar-refractivity contribution in [2.75, 3.05) is 5.75 Å². The van der Waals surface area contributed by atoms with E-state index in [4.69, 9.17) is 0 Å². The maximum Gasteiger partial charge on any atom is 0.267 e. The third-order valence-electron chi connectivity index (χ3n) is 10.8. The first-order valence-corrected chi connectivity index (χ1v) is 25.3. The average Bonchev–Trinajstić information content (AvgIpc) is 3.15. The summed E-state index contributed by atoms with van der Waals surface area (Å²) in [5.74, 6) is -1.00. The van der Waals surface area contributed by atoms with Gasteiger partial charge in [0.2, 0.25) is 5.91 Å². The van der Waals surface area contributed by atoms with Gasteiger partial charge in [-0.05, 0) is 44.9 Å². The molecule has 0 aliphatic heterocycles. The normalized spacial score (nSPS) is 13.5. The van der Waals surface area contributed by atoms with Crippen molar-refractivity contribution in [2.24, 2.45) is 0 Å². The van der Waals surface area contributed by atoms with Crippen LogP contribution < -0.4 is 5.32 Å². The Bertz CT molecular complexity index is 1010. The van der Waals surface area contributed by atoms with Gasteiger partial charge in [-0.15, -0.1) is 0 Å². The van der Waals surface area contributed by atoms with Crippen LogP contribution in [-0.2, 0) is 14.9 Å². The van der Waals surface area contributed by atoms with E-state index >= 15 is 0 Å². The van der Waals surface area contributed by atoms with E-state index in [1.165, 1.54) is 186 Å². The number of rotatable bonds is 43. The van der Waals surface area contributed by atoms with Gasteiger partial charge in [0.15, 0.2) is 0 Å². The van der Waals surface area contributed by atoms with Crippen molar-refractivity contribution in [3.8, 4) is 0 Å². The van der Waals surface area contributed by atoms with E-state index < -0.39 is 28.0 Å². The zero-order chi connectivity index (χ0) is 40.3. The fourth-order valence-electron chi connectivity index (χ4n) is 7.25. The van der Waals surface area contributed by atoms with Crippen molar-refractivity contribution >= 4 is 16.0 Å². The summed E-state index contributed by atoms with van der Waals surface area (Å²) in [6.45, 7) is 4.55. The highest BCUT2D eigenvalue weighted by atomic mass is 32.2. The number of allylic oxidation sites excluding steroid dienone is 5. The monoisotopic (exact) mass is 794 g/mol. The van der Waals surface area contributed by atoms with Gasteiger partial charge in [0.05, 0.1) is 17.9 Å². The molecule has 2 unspecified atom stereocenters. The molecule has 7 heteroatoms. The predicted octanol–water partition coefficient (Wildman–Crippen LogP) is 14.5. The first kappa shape index (κ1) is 53.6. The Morgan fingerprint density at radius 1 is 0.473 bits per heavy atom. The summed E-state index contributed by atoms with van der Waals surface area (Å²) in [5, 5.41) is 13.3. The molecule has 2 atom stereocenters. The summed E-state index contributed by atoms with van der Waals surface area (Å²) in [4.78, 5) is 12.6. The molecule has 0 bridgehead atoms. The Morgan fingerprint density at radius 3 is 1.15 bits per heavy atom. The topological polar surface area (TPSA) is 104 Å². The van der Waals surface area contributed by atoms with Gasteiger partial charge in [0.25, 0.3) is 10.1 Å². The number of amides is 1.